The quantitative estimate of drug-likeness (QED) is 0.831. The Kier molecular flexibility index (Phi) is 3.03. The molecule has 0 atom stereocenters. The highest BCUT2D eigenvalue weighted by Gasteiger charge is 2.11. The lowest BCUT2D eigenvalue weighted by atomic mass is 10.2. The Hall–Kier alpha value is -1.24. The van der Waals surface area contributed by atoms with Crippen molar-refractivity contribution in [1.29, 1.82) is 0 Å². The summed E-state index contributed by atoms with van der Waals surface area (Å²) in [7, 11) is -3.29. The van der Waals surface area contributed by atoms with Crippen LogP contribution in [0.5, 0.6) is 0 Å². The highest BCUT2D eigenvalue weighted by atomic mass is 35.5. The lowest BCUT2D eigenvalue weighted by molar-refractivity contribution is 0.272. The van der Waals surface area contributed by atoms with E-state index in [1.165, 1.54) is 12.1 Å². The summed E-state index contributed by atoms with van der Waals surface area (Å²) in [6.07, 6.45) is 1.12. The minimum atomic E-state index is -3.29. The van der Waals surface area contributed by atoms with Crippen LogP contribution in [0.3, 0.4) is 0 Å². The largest absolute Gasteiger partial charge is 0.388 e. The number of hydrogen-bond acceptors (Lipinski definition) is 5. The second kappa shape index (κ2) is 4.21. The minimum Gasteiger partial charge on any atom is -0.388 e. The van der Waals surface area contributed by atoms with Gasteiger partial charge in [0.1, 0.15) is 11.8 Å². The third-order valence-corrected chi connectivity index (χ3v) is 3.63. The van der Waals surface area contributed by atoms with Gasteiger partial charge in [0.05, 0.1) is 10.4 Å². The number of nitrogens with zero attached hydrogens (tertiary/aromatic N) is 2. The van der Waals surface area contributed by atoms with E-state index in [0.717, 1.165) is 6.26 Å². The van der Waals surface area contributed by atoms with Crippen LogP contribution in [0.1, 0.15) is 5.82 Å². The molecule has 17 heavy (non-hydrogen) atoms. The van der Waals surface area contributed by atoms with E-state index in [4.69, 9.17) is 16.7 Å². The first kappa shape index (κ1) is 12.2. The molecule has 0 aliphatic rings. The van der Waals surface area contributed by atoms with Crippen molar-refractivity contribution in [3.63, 3.8) is 0 Å². The Morgan fingerprint density at radius 2 is 2.06 bits per heavy atom. The van der Waals surface area contributed by atoms with Gasteiger partial charge in [0.25, 0.3) is 0 Å². The first-order valence-corrected chi connectivity index (χ1v) is 6.96. The Labute approximate surface area is 103 Å². The highest BCUT2D eigenvalue weighted by molar-refractivity contribution is 7.90. The third-order valence-electron chi connectivity index (χ3n) is 2.24. The highest BCUT2D eigenvalue weighted by Crippen LogP contribution is 2.23. The van der Waals surface area contributed by atoms with Crippen molar-refractivity contribution in [3.8, 4) is 0 Å². The molecule has 90 valence electrons. The van der Waals surface area contributed by atoms with Gasteiger partial charge in [0.15, 0.2) is 15.7 Å². The first-order valence-electron chi connectivity index (χ1n) is 4.69. The maximum absolute atomic E-state index is 11.4. The lowest BCUT2D eigenvalue weighted by Crippen LogP contribution is -1.99. The zero-order chi connectivity index (χ0) is 12.6. The molecule has 0 radical (unpaired) electrons. The lowest BCUT2D eigenvalue weighted by Gasteiger charge is -2.04. The number of hydrogen-bond donors (Lipinski definition) is 1. The molecule has 0 aliphatic carbocycles. The van der Waals surface area contributed by atoms with E-state index in [-0.39, 0.29) is 22.5 Å². The molecule has 0 unspecified atom stereocenters. The fourth-order valence-electron chi connectivity index (χ4n) is 1.42. The van der Waals surface area contributed by atoms with Crippen LogP contribution >= 0.6 is 11.6 Å². The van der Waals surface area contributed by atoms with Gasteiger partial charge in [-0.15, -0.1) is 0 Å². The standard InChI is InChI=1S/C10H9ClN2O3S/c1-17(15,16)6-2-3-8-7(4-6)10(11)13-9(5-14)12-8/h2-4,14H,5H2,1H3. The molecule has 0 aliphatic heterocycles. The Morgan fingerprint density at radius 3 is 2.65 bits per heavy atom. The molecule has 0 saturated heterocycles. The fraction of sp³-hybridized carbons (Fsp3) is 0.200. The van der Waals surface area contributed by atoms with Crippen molar-refractivity contribution in [3.05, 3.63) is 29.2 Å². The molecular formula is C10H9ClN2O3S. The van der Waals surface area contributed by atoms with Crippen molar-refractivity contribution in [2.75, 3.05) is 6.26 Å². The predicted octanol–water partition coefficient (Wildman–Crippen LogP) is 1.18. The summed E-state index contributed by atoms with van der Waals surface area (Å²) < 4.78 is 22.8. The number of fused-ring (bicyclic) bond motifs is 1. The Balaban J connectivity index is 2.75. The molecule has 1 N–H and O–H groups in total. The molecule has 1 aromatic heterocycles. The summed E-state index contributed by atoms with van der Waals surface area (Å²) in [5, 5.41) is 9.51. The number of aliphatic hydroxyl groups is 1. The number of aliphatic hydroxyl groups excluding tert-OH is 1. The number of benzene rings is 1. The second-order valence-corrected chi connectivity index (χ2v) is 5.91. The van der Waals surface area contributed by atoms with Gasteiger partial charge in [-0.2, -0.15) is 0 Å². The molecule has 2 aromatic rings. The van der Waals surface area contributed by atoms with E-state index in [2.05, 4.69) is 9.97 Å². The normalized spacial score (nSPS) is 11.9. The molecule has 5 nitrogen and oxygen atoms in total. The molecule has 0 saturated carbocycles. The molecular weight excluding hydrogens is 264 g/mol. The molecule has 1 aromatic carbocycles. The summed E-state index contributed by atoms with van der Waals surface area (Å²) in [6, 6.07) is 4.41. The smallest absolute Gasteiger partial charge is 0.175 e. The van der Waals surface area contributed by atoms with Crippen LogP contribution in [0.2, 0.25) is 5.15 Å². The average Bonchev–Trinajstić information content (AvgIpc) is 2.27. The van der Waals surface area contributed by atoms with Crippen molar-refractivity contribution in [2.45, 2.75) is 11.5 Å². The van der Waals surface area contributed by atoms with Gasteiger partial charge in [0, 0.05) is 11.6 Å². The molecule has 7 heteroatoms. The zero-order valence-corrected chi connectivity index (χ0v) is 10.5. The molecule has 0 spiro atoms. The number of halogens is 1. The van der Waals surface area contributed by atoms with Crippen molar-refractivity contribution in [2.24, 2.45) is 0 Å². The summed E-state index contributed by atoms with van der Waals surface area (Å²) in [4.78, 5) is 8.05. The maximum atomic E-state index is 11.4. The second-order valence-electron chi connectivity index (χ2n) is 3.54. The number of rotatable bonds is 2. The van der Waals surface area contributed by atoms with Gasteiger partial charge < -0.3 is 5.11 Å². The van der Waals surface area contributed by atoms with Crippen molar-refractivity contribution in [1.82, 2.24) is 9.97 Å². The van der Waals surface area contributed by atoms with Crippen molar-refractivity contribution < 1.29 is 13.5 Å². The molecule has 2 rings (SSSR count). The topological polar surface area (TPSA) is 80.2 Å². The summed E-state index contributed by atoms with van der Waals surface area (Å²) in [6.45, 7) is -0.316. The van der Waals surface area contributed by atoms with Crippen LogP contribution < -0.4 is 0 Å². The van der Waals surface area contributed by atoms with Gasteiger partial charge in [-0.25, -0.2) is 18.4 Å². The average molecular weight is 273 g/mol. The Morgan fingerprint density at radius 1 is 1.35 bits per heavy atom. The van der Waals surface area contributed by atoms with Crippen molar-refractivity contribution >= 4 is 32.3 Å². The van der Waals surface area contributed by atoms with Gasteiger partial charge in [0.2, 0.25) is 0 Å². The molecule has 0 fully saturated rings. The minimum absolute atomic E-state index is 0.129. The predicted molar refractivity (Wildman–Crippen MR) is 63.6 cm³/mol. The third kappa shape index (κ3) is 2.38. The van der Waals surface area contributed by atoms with E-state index < -0.39 is 9.84 Å². The molecule has 0 bridgehead atoms. The van der Waals surface area contributed by atoms with Crippen LogP contribution in [0, 0.1) is 0 Å². The van der Waals surface area contributed by atoms with E-state index in [9.17, 15) is 8.42 Å². The number of sulfone groups is 1. The van der Waals surface area contributed by atoms with Crippen LogP contribution in [-0.4, -0.2) is 29.7 Å². The van der Waals surface area contributed by atoms with Gasteiger partial charge >= 0.3 is 0 Å². The summed E-state index contributed by atoms with van der Waals surface area (Å²) in [5.74, 6) is 0.203. The number of aromatic nitrogens is 2. The monoisotopic (exact) mass is 272 g/mol. The van der Waals surface area contributed by atoms with Crippen LogP contribution in [-0.2, 0) is 16.4 Å². The van der Waals surface area contributed by atoms with E-state index in [1.807, 2.05) is 0 Å². The van der Waals surface area contributed by atoms with Crippen LogP contribution in [0.15, 0.2) is 23.1 Å². The zero-order valence-electron chi connectivity index (χ0n) is 8.88. The van der Waals surface area contributed by atoms with Gasteiger partial charge in [-0.05, 0) is 18.2 Å². The summed E-state index contributed by atoms with van der Waals surface area (Å²) in [5.41, 5.74) is 0.501. The fourth-order valence-corrected chi connectivity index (χ4v) is 2.31. The first-order chi connectivity index (χ1) is 7.91. The van der Waals surface area contributed by atoms with E-state index in [1.54, 1.807) is 6.07 Å². The molecule has 0 amide bonds. The molecule has 1 heterocycles. The Bertz CT molecular complexity index is 685. The van der Waals surface area contributed by atoms with E-state index >= 15 is 0 Å². The summed E-state index contributed by atoms with van der Waals surface area (Å²) >= 11 is 5.91. The van der Waals surface area contributed by atoms with Gasteiger partial charge in [-0.1, -0.05) is 11.6 Å². The maximum Gasteiger partial charge on any atom is 0.175 e. The van der Waals surface area contributed by atoms with E-state index in [0.29, 0.717) is 10.9 Å². The van der Waals surface area contributed by atoms with Crippen LogP contribution in [0.25, 0.3) is 10.9 Å². The van der Waals surface area contributed by atoms with Gasteiger partial charge in [-0.3, -0.25) is 0 Å². The SMILES string of the molecule is CS(=O)(=O)c1ccc2nc(CO)nc(Cl)c2c1. The van der Waals surface area contributed by atoms with Crippen LogP contribution in [0.4, 0.5) is 0 Å².